The van der Waals surface area contributed by atoms with Gasteiger partial charge in [0.05, 0.1) is 11.3 Å². The number of alkyl halides is 3. The number of nitrogens with zero attached hydrogens (tertiary/aromatic N) is 2. The minimum Gasteiger partial charge on any atom is -0.486 e. The number of aromatic nitrogens is 1. The second kappa shape index (κ2) is 15.9. The summed E-state index contributed by atoms with van der Waals surface area (Å²) in [5.41, 5.74) is -4.54. The quantitative estimate of drug-likeness (QED) is 0.301. The van der Waals surface area contributed by atoms with Crippen LogP contribution in [0.2, 0.25) is 0 Å². The lowest BCUT2D eigenvalue weighted by Gasteiger charge is -2.35. The Bertz CT molecular complexity index is 2180. The number of carbonyl (C=O) groups is 4. The third kappa shape index (κ3) is 8.42. The topological polar surface area (TPSA) is 192 Å². The van der Waals surface area contributed by atoms with E-state index in [1.165, 1.54) is 18.0 Å². The molecule has 0 radical (unpaired) electrons. The van der Waals surface area contributed by atoms with Crippen LogP contribution < -0.4 is 29.6 Å². The number of ether oxygens (including phenoxy) is 4. The fourth-order valence-corrected chi connectivity index (χ4v) is 9.56. The van der Waals surface area contributed by atoms with Crippen molar-refractivity contribution >= 4 is 44.6 Å². The van der Waals surface area contributed by atoms with Crippen molar-refractivity contribution in [1.29, 1.82) is 0 Å². The molecule has 5 aliphatic rings. The molecule has 1 saturated heterocycles. The first kappa shape index (κ1) is 43.3. The molecule has 7 rings (SSSR count). The second-order valence-corrected chi connectivity index (χ2v) is 19.7. The van der Waals surface area contributed by atoms with Crippen LogP contribution in [0.15, 0.2) is 36.5 Å². The first-order valence-electron chi connectivity index (χ1n) is 20.4. The van der Waals surface area contributed by atoms with E-state index < -0.39 is 85.9 Å². The van der Waals surface area contributed by atoms with Gasteiger partial charge >= 0.3 is 12.3 Å². The average Bonchev–Trinajstić information content (AvgIpc) is 4.07. The molecule has 2 aromatic rings. The molecule has 4 amide bonds. The monoisotopic (exact) mass is 863 g/mol. The van der Waals surface area contributed by atoms with Gasteiger partial charge in [0, 0.05) is 29.3 Å². The molecule has 3 aliphatic heterocycles. The Morgan fingerprint density at radius 3 is 2.52 bits per heavy atom. The number of halogens is 3. The number of benzene rings is 1. The van der Waals surface area contributed by atoms with E-state index in [1.54, 1.807) is 31.2 Å². The normalized spacial score (nSPS) is 29.8. The van der Waals surface area contributed by atoms with E-state index in [0.29, 0.717) is 87.9 Å². The number of fused-ring (bicyclic) bond motifs is 5. The minimum atomic E-state index is -4.92. The number of carbonyl (C=O) groups excluding carboxylic acids is 4. The van der Waals surface area contributed by atoms with Crippen LogP contribution in [0.5, 0.6) is 17.4 Å². The Labute approximate surface area is 346 Å². The summed E-state index contributed by atoms with van der Waals surface area (Å²) in [5, 5.41) is 6.46. The number of sulfonamides is 1. The SMILES string of the molecule is CC[C@@H]1C[C@@H](C)CC/C=C\[C@@H]2C[C@@]2(C(=O)NS(=O)(=O)C2(C)CC2)NC(=O)[C@@H]2CC(Oc3nccc4c5c(ccc34)OCCO5)CN2C(=O)[C@H]1NC(=O)OC(C)(C)C(F)(F)F. The average molecular weight is 864 g/mol. The molecular formula is C41H52F3N5O10S. The Balaban J connectivity index is 1.24. The molecule has 2 aliphatic carbocycles. The summed E-state index contributed by atoms with van der Waals surface area (Å²) in [4.78, 5) is 62.4. The maximum absolute atomic E-state index is 14.9. The Hall–Kier alpha value is -4.81. The van der Waals surface area contributed by atoms with Gasteiger partial charge in [-0.1, -0.05) is 32.4 Å². The van der Waals surface area contributed by atoms with Gasteiger partial charge < -0.3 is 34.5 Å². The van der Waals surface area contributed by atoms with Gasteiger partial charge in [0.1, 0.15) is 36.9 Å². The zero-order valence-electron chi connectivity index (χ0n) is 34.2. The van der Waals surface area contributed by atoms with Crippen molar-refractivity contribution in [1.82, 2.24) is 25.2 Å². The molecule has 7 atom stereocenters. The van der Waals surface area contributed by atoms with Crippen LogP contribution in [-0.2, 0) is 29.1 Å². The molecule has 1 aromatic carbocycles. The van der Waals surface area contributed by atoms with Crippen molar-refractivity contribution in [2.45, 2.75) is 126 Å². The summed E-state index contributed by atoms with van der Waals surface area (Å²) in [6.45, 7) is 7.18. The lowest BCUT2D eigenvalue weighted by molar-refractivity contribution is -0.244. The van der Waals surface area contributed by atoms with Crippen molar-refractivity contribution in [2.24, 2.45) is 17.8 Å². The van der Waals surface area contributed by atoms with Gasteiger partial charge in [-0.05, 0) is 89.3 Å². The van der Waals surface area contributed by atoms with Crippen LogP contribution in [-0.4, -0.2) is 102 Å². The van der Waals surface area contributed by atoms with Crippen LogP contribution in [0, 0.1) is 17.8 Å². The van der Waals surface area contributed by atoms with Gasteiger partial charge in [-0.2, -0.15) is 13.2 Å². The lowest BCUT2D eigenvalue weighted by atomic mass is 9.85. The Morgan fingerprint density at radius 1 is 1.08 bits per heavy atom. The third-order valence-corrected chi connectivity index (χ3v) is 14.8. The van der Waals surface area contributed by atoms with E-state index in [2.05, 4.69) is 20.3 Å². The first-order chi connectivity index (χ1) is 28.2. The first-order valence-corrected chi connectivity index (χ1v) is 21.9. The van der Waals surface area contributed by atoms with Crippen LogP contribution in [0.25, 0.3) is 10.8 Å². The number of nitrogens with one attached hydrogen (secondary N) is 3. The summed E-state index contributed by atoms with van der Waals surface area (Å²) in [5.74, 6) is -2.42. The summed E-state index contributed by atoms with van der Waals surface area (Å²) in [6.07, 6.45) is 0.510. The summed E-state index contributed by atoms with van der Waals surface area (Å²) < 4.78 is 91.9. The number of alkyl carbamates (subject to hydrolysis) is 1. The fourth-order valence-electron chi connectivity index (χ4n) is 8.25. The summed E-state index contributed by atoms with van der Waals surface area (Å²) in [6, 6.07) is 2.44. The maximum atomic E-state index is 14.9. The van der Waals surface area contributed by atoms with E-state index >= 15 is 0 Å². The Morgan fingerprint density at radius 2 is 1.82 bits per heavy atom. The molecule has 19 heteroatoms. The van der Waals surface area contributed by atoms with Gasteiger partial charge in [-0.3, -0.25) is 19.1 Å². The lowest BCUT2D eigenvalue weighted by Crippen LogP contribution is -2.60. The van der Waals surface area contributed by atoms with E-state index in [-0.39, 0.29) is 31.2 Å². The molecule has 0 spiro atoms. The number of rotatable bonds is 8. The number of hydrogen-bond donors (Lipinski definition) is 3. The molecule has 0 bridgehead atoms. The van der Waals surface area contributed by atoms with Crippen molar-refractivity contribution in [2.75, 3.05) is 19.8 Å². The van der Waals surface area contributed by atoms with Crippen molar-refractivity contribution in [3.05, 3.63) is 36.5 Å². The molecule has 4 heterocycles. The summed E-state index contributed by atoms with van der Waals surface area (Å²) in [7, 11) is -4.09. The zero-order valence-corrected chi connectivity index (χ0v) is 35.0. The predicted molar refractivity (Wildman–Crippen MR) is 210 cm³/mol. The van der Waals surface area contributed by atoms with Gasteiger partial charge in [0.15, 0.2) is 11.5 Å². The van der Waals surface area contributed by atoms with Crippen molar-refractivity contribution in [3.8, 4) is 17.4 Å². The highest BCUT2D eigenvalue weighted by atomic mass is 32.2. The number of amides is 4. The summed E-state index contributed by atoms with van der Waals surface area (Å²) >= 11 is 0. The molecule has 2 saturated carbocycles. The predicted octanol–water partition coefficient (Wildman–Crippen LogP) is 5.07. The van der Waals surface area contributed by atoms with Crippen LogP contribution >= 0.6 is 0 Å². The van der Waals surface area contributed by atoms with Crippen LogP contribution in [0.1, 0.15) is 86.0 Å². The molecule has 3 fully saturated rings. The number of pyridine rings is 1. The standard InChI is InChI=1S/C41H52F3N5O10S/c1-6-24-19-23(2)9-7-8-10-25-21-40(25,36(52)48-60(54,55)39(5)14-15-39)47-33(50)29-20-26(22-49(29)35(51)31(24)46-37(53)59-38(3,4)41(42,43)44)58-34-28-11-12-30-32(57-18-17-56-30)27(28)13-16-45-34/h8,10-13,16,23-26,29,31H,6-7,9,14-15,17-22H2,1-5H3,(H,46,53)(H,47,50)(H,48,52)/b10-8-/t23-,24+,25+,26?,29-,31-,40+/m0/s1. The molecule has 328 valence electrons. The van der Waals surface area contributed by atoms with E-state index in [9.17, 15) is 40.8 Å². The smallest absolute Gasteiger partial charge is 0.427 e. The van der Waals surface area contributed by atoms with Crippen LogP contribution in [0.4, 0.5) is 18.0 Å². The minimum absolute atomic E-state index is 0.0380. The van der Waals surface area contributed by atoms with E-state index in [4.69, 9.17) is 18.9 Å². The van der Waals surface area contributed by atoms with Gasteiger partial charge in [0.2, 0.25) is 33.3 Å². The van der Waals surface area contributed by atoms with Crippen molar-refractivity contribution < 1.29 is 59.7 Å². The Kier molecular flexibility index (Phi) is 11.5. The second-order valence-electron chi connectivity index (χ2n) is 17.5. The van der Waals surface area contributed by atoms with E-state index in [1.807, 2.05) is 13.0 Å². The highest BCUT2D eigenvalue weighted by molar-refractivity contribution is 7.91. The molecular weight excluding hydrogens is 812 g/mol. The third-order valence-electron chi connectivity index (χ3n) is 12.6. The fraction of sp³-hybridized carbons (Fsp3) is 0.634. The molecule has 1 aromatic heterocycles. The molecule has 3 N–H and O–H groups in total. The van der Waals surface area contributed by atoms with Crippen molar-refractivity contribution in [3.63, 3.8) is 0 Å². The largest absolute Gasteiger partial charge is 0.486 e. The highest BCUT2D eigenvalue weighted by Gasteiger charge is 2.63. The molecule has 60 heavy (non-hydrogen) atoms. The van der Waals surface area contributed by atoms with E-state index in [0.717, 1.165) is 0 Å². The molecule has 1 unspecified atom stereocenters. The maximum Gasteiger partial charge on any atom is 0.427 e. The zero-order chi connectivity index (χ0) is 43.4. The molecule has 15 nitrogen and oxygen atoms in total. The number of hydrogen-bond acceptors (Lipinski definition) is 11. The number of allylic oxidation sites excluding steroid dienone is 1. The van der Waals surface area contributed by atoms with Gasteiger partial charge in [-0.25, -0.2) is 18.2 Å². The van der Waals surface area contributed by atoms with Gasteiger partial charge in [0.25, 0.3) is 5.91 Å². The highest BCUT2D eigenvalue weighted by Crippen LogP contribution is 2.48. The van der Waals surface area contributed by atoms with Gasteiger partial charge in [-0.15, -0.1) is 0 Å². The van der Waals surface area contributed by atoms with Crippen LogP contribution in [0.3, 0.4) is 0 Å².